The van der Waals surface area contributed by atoms with Gasteiger partial charge in [-0.3, -0.25) is 4.90 Å². The third-order valence-electron chi connectivity index (χ3n) is 5.30. The summed E-state index contributed by atoms with van der Waals surface area (Å²) in [7, 11) is 0. The largest absolute Gasteiger partial charge is 0.493 e. The van der Waals surface area contributed by atoms with Gasteiger partial charge in [0.05, 0.1) is 13.2 Å². The minimum atomic E-state index is 0.609. The second-order valence-corrected chi connectivity index (χ2v) is 6.67. The molecule has 3 aliphatic rings. The van der Waals surface area contributed by atoms with E-state index >= 15 is 0 Å². The van der Waals surface area contributed by atoms with Crippen LogP contribution in [0.5, 0.6) is 0 Å². The molecule has 3 nitrogen and oxygen atoms in total. The first-order valence-electron chi connectivity index (χ1n) is 8.53. The zero-order valence-corrected chi connectivity index (χ0v) is 13.1. The molecule has 0 aromatic rings. The molecule has 0 radical (unpaired) electrons. The van der Waals surface area contributed by atoms with Crippen molar-refractivity contribution in [3.05, 3.63) is 23.5 Å². The van der Waals surface area contributed by atoms with Gasteiger partial charge >= 0.3 is 0 Å². The second kappa shape index (κ2) is 6.78. The molecule has 2 heterocycles. The molecule has 2 saturated heterocycles. The van der Waals surface area contributed by atoms with E-state index in [0.717, 1.165) is 38.0 Å². The van der Waals surface area contributed by atoms with Gasteiger partial charge in [0.1, 0.15) is 12.0 Å². The van der Waals surface area contributed by atoms with Crippen molar-refractivity contribution in [1.82, 2.24) is 4.90 Å². The lowest BCUT2D eigenvalue weighted by Crippen LogP contribution is -2.31. The van der Waals surface area contributed by atoms with Gasteiger partial charge in [0.2, 0.25) is 0 Å². The molecule has 3 rings (SSSR count). The Hall–Kier alpha value is -1.09. The van der Waals surface area contributed by atoms with Gasteiger partial charge in [0.15, 0.2) is 0 Å². The van der Waals surface area contributed by atoms with Gasteiger partial charge in [0, 0.05) is 19.0 Å². The number of aldehydes is 1. The van der Waals surface area contributed by atoms with Crippen molar-refractivity contribution in [2.24, 2.45) is 11.8 Å². The van der Waals surface area contributed by atoms with Crippen molar-refractivity contribution in [2.45, 2.75) is 51.5 Å². The number of allylic oxidation sites excluding steroid dienone is 3. The van der Waals surface area contributed by atoms with E-state index in [0.29, 0.717) is 24.4 Å². The zero-order chi connectivity index (χ0) is 14.7. The fourth-order valence-corrected chi connectivity index (χ4v) is 4.13. The van der Waals surface area contributed by atoms with E-state index < -0.39 is 0 Å². The predicted octanol–water partition coefficient (Wildman–Crippen LogP) is 3.32. The second-order valence-electron chi connectivity index (χ2n) is 6.67. The molecule has 116 valence electrons. The molecule has 3 atom stereocenters. The molecular weight excluding hydrogens is 262 g/mol. The van der Waals surface area contributed by atoms with E-state index in [4.69, 9.17) is 4.74 Å². The van der Waals surface area contributed by atoms with Crippen LogP contribution in [0.2, 0.25) is 0 Å². The number of ether oxygens (including phenoxy) is 1. The summed E-state index contributed by atoms with van der Waals surface area (Å²) in [4.78, 5) is 13.3. The molecule has 3 heteroatoms. The molecule has 3 unspecified atom stereocenters. The van der Waals surface area contributed by atoms with E-state index in [-0.39, 0.29) is 0 Å². The van der Waals surface area contributed by atoms with Crippen LogP contribution in [0, 0.1) is 11.8 Å². The number of unbranched alkanes of at least 4 members (excludes halogenated alkanes) is 1. The summed E-state index contributed by atoms with van der Waals surface area (Å²) in [5, 5.41) is 0. The number of carbonyl (C=O) groups excluding carboxylic acids is 1. The highest BCUT2D eigenvalue weighted by molar-refractivity contribution is 5.52. The topological polar surface area (TPSA) is 29.5 Å². The van der Waals surface area contributed by atoms with E-state index in [1.165, 1.54) is 31.3 Å². The van der Waals surface area contributed by atoms with Gasteiger partial charge in [-0.05, 0) is 42.7 Å². The standard InChI is InChI=1S/C18H27NO2/c1-2-3-4-17-12-16(13-19(17)8-9-20)14-5-6-18-15(11-14)7-10-21-18/h6,9,11,14,16-17H,2-5,7-8,10,12-13H2,1H3. The maximum atomic E-state index is 10.9. The number of likely N-dealkylation sites (tertiary alicyclic amines) is 1. The van der Waals surface area contributed by atoms with Crippen LogP contribution in [-0.4, -0.2) is 36.9 Å². The van der Waals surface area contributed by atoms with E-state index in [1.807, 2.05) is 0 Å². The van der Waals surface area contributed by atoms with Gasteiger partial charge in [-0.25, -0.2) is 0 Å². The third kappa shape index (κ3) is 3.23. The Morgan fingerprint density at radius 1 is 1.48 bits per heavy atom. The number of carbonyl (C=O) groups is 1. The van der Waals surface area contributed by atoms with Crippen LogP contribution in [0.25, 0.3) is 0 Å². The zero-order valence-electron chi connectivity index (χ0n) is 13.1. The molecule has 0 bridgehead atoms. The molecule has 0 saturated carbocycles. The molecule has 0 spiro atoms. The molecule has 2 aliphatic heterocycles. The number of hydrogen-bond acceptors (Lipinski definition) is 3. The number of nitrogens with zero attached hydrogens (tertiary/aromatic N) is 1. The Kier molecular flexibility index (Phi) is 4.79. The van der Waals surface area contributed by atoms with Gasteiger partial charge < -0.3 is 9.53 Å². The van der Waals surface area contributed by atoms with Crippen LogP contribution in [-0.2, 0) is 9.53 Å². The summed E-state index contributed by atoms with van der Waals surface area (Å²) < 4.78 is 5.64. The molecule has 0 N–H and O–H groups in total. The van der Waals surface area contributed by atoms with Crippen LogP contribution < -0.4 is 0 Å². The van der Waals surface area contributed by atoms with Gasteiger partial charge in [0.25, 0.3) is 0 Å². The van der Waals surface area contributed by atoms with Crippen molar-refractivity contribution in [3.63, 3.8) is 0 Å². The van der Waals surface area contributed by atoms with Crippen molar-refractivity contribution >= 4 is 6.29 Å². The molecule has 0 amide bonds. The van der Waals surface area contributed by atoms with Gasteiger partial charge in [-0.2, -0.15) is 0 Å². The van der Waals surface area contributed by atoms with Crippen molar-refractivity contribution < 1.29 is 9.53 Å². The van der Waals surface area contributed by atoms with Crippen molar-refractivity contribution in [2.75, 3.05) is 19.7 Å². The minimum absolute atomic E-state index is 0.609. The molecule has 0 aromatic carbocycles. The Morgan fingerprint density at radius 2 is 2.38 bits per heavy atom. The smallest absolute Gasteiger partial charge is 0.133 e. The average Bonchev–Trinajstić information content (AvgIpc) is 3.11. The first-order valence-corrected chi connectivity index (χ1v) is 8.53. The Morgan fingerprint density at radius 3 is 3.19 bits per heavy atom. The quantitative estimate of drug-likeness (QED) is 0.703. The summed E-state index contributed by atoms with van der Waals surface area (Å²) >= 11 is 0. The maximum absolute atomic E-state index is 10.9. The third-order valence-corrected chi connectivity index (χ3v) is 5.30. The Bertz CT molecular complexity index is 440. The number of hydrogen-bond donors (Lipinski definition) is 0. The van der Waals surface area contributed by atoms with E-state index in [9.17, 15) is 4.79 Å². The Labute approximate surface area is 128 Å². The monoisotopic (exact) mass is 289 g/mol. The summed E-state index contributed by atoms with van der Waals surface area (Å²) in [5.41, 5.74) is 1.42. The summed E-state index contributed by atoms with van der Waals surface area (Å²) in [6.07, 6.45) is 13.0. The number of rotatable bonds is 6. The lowest BCUT2D eigenvalue weighted by molar-refractivity contribution is -0.109. The van der Waals surface area contributed by atoms with Gasteiger partial charge in [-0.1, -0.05) is 25.8 Å². The fraction of sp³-hybridized carbons (Fsp3) is 0.722. The number of fused-ring (bicyclic) bond motifs is 1. The molecule has 1 aliphatic carbocycles. The molecule has 21 heavy (non-hydrogen) atoms. The summed E-state index contributed by atoms with van der Waals surface area (Å²) in [5.74, 6) is 2.49. The minimum Gasteiger partial charge on any atom is -0.493 e. The molecule has 2 fully saturated rings. The SMILES string of the molecule is CCCCC1CC(C2C=C3CCOC3=CC2)CN1CC=O. The van der Waals surface area contributed by atoms with Crippen LogP contribution in [0.4, 0.5) is 0 Å². The molecular formula is C18H27NO2. The average molecular weight is 289 g/mol. The van der Waals surface area contributed by atoms with Crippen LogP contribution in [0.1, 0.15) is 45.4 Å². The van der Waals surface area contributed by atoms with Crippen molar-refractivity contribution in [3.8, 4) is 0 Å². The lowest BCUT2D eigenvalue weighted by Gasteiger charge is -2.23. The fourth-order valence-electron chi connectivity index (χ4n) is 4.13. The first-order chi connectivity index (χ1) is 10.3. The van der Waals surface area contributed by atoms with E-state index in [1.54, 1.807) is 0 Å². The van der Waals surface area contributed by atoms with Crippen LogP contribution in [0.3, 0.4) is 0 Å². The highest BCUT2D eigenvalue weighted by atomic mass is 16.5. The highest BCUT2D eigenvalue weighted by Gasteiger charge is 2.36. The lowest BCUT2D eigenvalue weighted by atomic mass is 9.82. The molecule has 0 aromatic heterocycles. The van der Waals surface area contributed by atoms with Gasteiger partial charge in [-0.15, -0.1) is 0 Å². The Balaban J connectivity index is 1.64. The van der Waals surface area contributed by atoms with Crippen LogP contribution >= 0.6 is 0 Å². The predicted molar refractivity (Wildman–Crippen MR) is 83.9 cm³/mol. The normalized spacial score (nSPS) is 32.3. The van der Waals surface area contributed by atoms with Crippen molar-refractivity contribution in [1.29, 1.82) is 0 Å². The summed E-state index contributed by atoms with van der Waals surface area (Å²) in [6.45, 7) is 4.80. The van der Waals surface area contributed by atoms with Crippen LogP contribution in [0.15, 0.2) is 23.5 Å². The van der Waals surface area contributed by atoms with E-state index in [2.05, 4.69) is 24.0 Å². The maximum Gasteiger partial charge on any atom is 0.133 e. The summed E-state index contributed by atoms with van der Waals surface area (Å²) in [6, 6.07) is 0.615. The first kappa shape index (κ1) is 14.8. The highest BCUT2D eigenvalue weighted by Crippen LogP contribution is 2.39.